The third-order valence-corrected chi connectivity index (χ3v) is 3.35. The maximum atomic E-state index is 12.3. The molecule has 3 aromatic rings. The van der Waals surface area contributed by atoms with Crippen molar-refractivity contribution >= 4 is 28.4 Å². The molecule has 94 valence electrons. The summed E-state index contributed by atoms with van der Waals surface area (Å²) in [7, 11) is 0. The fourth-order valence-electron chi connectivity index (χ4n) is 2.11. The standard InChI is InChI=1S/C15H11ClN2O/c16-12-6-7-17-15-14(12)11(9-18-15)13(19)8-10-4-2-1-3-5-10/h1-7,9H,8H2,(H,17,18). The summed E-state index contributed by atoms with van der Waals surface area (Å²) in [4.78, 5) is 19.5. The predicted molar refractivity (Wildman–Crippen MR) is 75.6 cm³/mol. The molecule has 0 aliphatic heterocycles. The zero-order valence-corrected chi connectivity index (χ0v) is 10.8. The van der Waals surface area contributed by atoms with Gasteiger partial charge in [-0.05, 0) is 11.6 Å². The highest BCUT2D eigenvalue weighted by molar-refractivity contribution is 6.36. The van der Waals surface area contributed by atoms with Crippen LogP contribution in [0.25, 0.3) is 11.0 Å². The highest BCUT2D eigenvalue weighted by Crippen LogP contribution is 2.25. The summed E-state index contributed by atoms with van der Waals surface area (Å²) in [6, 6.07) is 11.3. The number of carbonyl (C=O) groups excluding carboxylic acids is 1. The lowest BCUT2D eigenvalue weighted by atomic mass is 10.0. The molecule has 0 aliphatic carbocycles. The van der Waals surface area contributed by atoms with Gasteiger partial charge in [-0.2, -0.15) is 0 Å². The Morgan fingerprint density at radius 3 is 2.79 bits per heavy atom. The van der Waals surface area contributed by atoms with E-state index in [-0.39, 0.29) is 5.78 Å². The average molecular weight is 271 g/mol. The maximum absolute atomic E-state index is 12.3. The van der Waals surface area contributed by atoms with Crippen LogP contribution >= 0.6 is 11.6 Å². The Balaban J connectivity index is 1.99. The number of hydrogen-bond donors (Lipinski definition) is 1. The van der Waals surface area contributed by atoms with Crippen LogP contribution in [-0.2, 0) is 6.42 Å². The zero-order chi connectivity index (χ0) is 13.2. The lowest BCUT2D eigenvalue weighted by Crippen LogP contribution is -2.02. The number of ketones is 1. The van der Waals surface area contributed by atoms with E-state index in [0.29, 0.717) is 28.0 Å². The van der Waals surface area contributed by atoms with Gasteiger partial charge in [0.25, 0.3) is 0 Å². The first-order chi connectivity index (χ1) is 9.25. The van der Waals surface area contributed by atoms with Crippen molar-refractivity contribution in [2.75, 3.05) is 0 Å². The van der Waals surface area contributed by atoms with E-state index in [4.69, 9.17) is 11.6 Å². The summed E-state index contributed by atoms with van der Waals surface area (Å²) in [6.45, 7) is 0. The van der Waals surface area contributed by atoms with E-state index in [1.54, 1.807) is 18.5 Å². The van der Waals surface area contributed by atoms with Crippen LogP contribution in [0.1, 0.15) is 15.9 Å². The molecular weight excluding hydrogens is 260 g/mol. The number of halogens is 1. The second-order valence-electron chi connectivity index (χ2n) is 4.30. The number of nitrogens with one attached hydrogen (secondary N) is 1. The van der Waals surface area contributed by atoms with Crippen LogP contribution in [0.5, 0.6) is 0 Å². The number of pyridine rings is 1. The molecule has 0 unspecified atom stereocenters. The molecule has 19 heavy (non-hydrogen) atoms. The van der Waals surface area contributed by atoms with Gasteiger partial charge < -0.3 is 4.98 Å². The minimum atomic E-state index is 0.0346. The molecule has 0 amide bonds. The highest BCUT2D eigenvalue weighted by Gasteiger charge is 2.15. The van der Waals surface area contributed by atoms with Crippen molar-refractivity contribution in [1.82, 2.24) is 9.97 Å². The monoisotopic (exact) mass is 270 g/mol. The third-order valence-electron chi connectivity index (χ3n) is 3.03. The Morgan fingerprint density at radius 2 is 2.00 bits per heavy atom. The first kappa shape index (κ1) is 11.9. The molecule has 1 N–H and O–H groups in total. The number of aromatic amines is 1. The van der Waals surface area contributed by atoms with Crippen molar-refractivity contribution in [1.29, 1.82) is 0 Å². The number of aromatic nitrogens is 2. The van der Waals surface area contributed by atoms with E-state index in [0.717, 1.165) is 5.56 Å². The molecule has 3 rings (SSSR count). The number of carbonyl (C=O) groups is 1. The van der Waals surface area contributed by atoms with Gasteiger partial charge in [0.05, 0.1) is 5.02 Å². The van der Waals surface area contributed by atoms with Crippen molar-refractivity contribution < 1.29 is 4.79 Å². The summed E-state index contributed by atoms with van der Waals surface area (Å²) < 4.78 is 0. The van der Waals surface area contributed by atoms with E-state index in [2.05, 4.69) is 9.97 Å². The number of Topliss-reactive ketones (excluding diaryl/α,β-unsaturated/α-hetero) is 1. The minimum Gasteiger partial charge on any atom is -0.345 e. The smallest absolute Gasteiger partial charge is 0.169 e. The van der Waals surface area contributed by atoms with Crippen molar-refractivity contribution in [3.63, 3.8) is 0 Å². The molecule has 3 nitrogen and oxygen atoms in total. The van der Waals surface area contributed by atoms with Crippen molar-refractivity contribution in [2.24, 2.45) is 0 Å². The van der Waals surface area contributed by atoms with Crippen LogP contribution < -0.4 is 0 Å². The number of benzene rings is 1. The van der Waals surface area contributed by atoms with Gasteiger partial charge in [0.2, 0.25) is 0 Å². The van der Waals surface area contributed by atoms with Gasteiger partial charge in [0.15, 0.2) is 5.78 Å². The Kier molecular flexibility index (Phi) is 3.05. The van der Waals surface area contributed by atoms with Gasteiger partial charge in [0.1, 0.15) is 5.65 Å². The predicted octanol–water partition coefficient (Wildman–Crippen LogP) is 3.64. The van der Waals surface area contributed by atoms with Gasteiger partial charge in [-0.25, -0.2) is 4.98 Å². The topological polar surface area (TPSA) is 45.8 Å². The maximum Gasteiger partial charge on any atom is 0.169 e. The van der Waals surface area contributed by atoms with E-state index in [1.165, 1.54) is 0 Å². The first-order valence-corrected chi connectivity index (χ1v) is 6.32. The zero-order valence-electron chi connectivity index (χ0n) is 10.1. The lowest BCUT2D eigenvalue weighted by molar-refractivity contribution is 0.0994. The van der Waals surface area contributed by atoms with E-state index in [1.807, 2.05) is 30.3 Å². The summed E-state index contributed by atoms with van der Waals surface area (Å²) in [5.74, 6) is 0.0346. The van der Waals surface area contributed by atoms with Crippen LogP contribution in [0.3, 0.4) is 0 Å². The molecule has 4 heteroatoms. The van der Waals surface area contributed by atoms with E-state index < -0.39 is 0 Å². The highest BCUT2D eigenvalue weighted by atomic mass is 35.5. The quantitative estimate of drug-likeness (QED) is 0.739. The molecule has 0 saturated carbocycles. The van der Waals surface area contributed by atoms with Gasteiger partial charge in [-0.1, -0.05) is 41.9 Å². The SMILES string of the molecule is O=C(Cc1ccccc1)c1c[nH]c2nccc(Cl)c12. The van der Waals surface area contributed by atoms with Gasteiger partial charge in [-0.3, -0.25) is 4.79 Å². The number of nitrogens with zero attached hydrogens (tertiary/aromatic N) is 1. The molecular formula is C15H11ClN2O. The molecule has 0 spiro atoms. The number of rotatable bonds is 3. The minimum absolute atomic E-state index is 0.0346. The molecule has 0 radical (unpaired) electrons. The largest absolute Gasteiger partial charge is 0.345 e. The molecule has 0 bridgehead atoms. The Morgan fingerprint density at radius 1 is 1.21 bits per heavy atom. The second kappa shape index (κ2) is 4.86. The number of H-pyrrole nitrogens is 1. The fourth-order valence-corrected chi connectivity index (χ4v) is 2.36. The Hall–Kier alpha value is -2.13. The molecule has 0 saturated heterocycles. The Labute approximate surface area is 115 Å². The van der Waals surface area contributed by atoms with Gasteiger partial charge in [-0.15, -0.1) is 0 Å². The average Bonchev–Trinajstić information content (AvgIpc) is 2.85. The van der Waals surface area contributed by atoms with Crippen LogP contribution in [0, 0.1) is 0 Å². The van der Waals surface area contributed by atoms with Crippen LogP contribution in [0.4, 0.5) is 0 Å². The fraction of sp³-hybridized carbons (Fsp3) is 0.0667. The third kappa shape index (κ3) is 2.25. The summed E-state index contributed by atoms with van der Waals surface area (Å²) in [5, 5.41) is 1.24. The van der Waals surface area contributed by atoms with Crippen LogP contribution in [0.2, 0.25) is 5.02 Å². The summed E-state index contributed by atoms with van der Waals surface area (Å²) in [5.41, 5.74) is 2.22. The van der Waals surface area contributed by atoms with Crippen molar-refractivity contribution in [2.45, 2.75) is 6.42 Å². The normalized spacial score (nSPS) is 10.8. The first-order valence-electron chi connectivity index (χ1n) is 5.94. The Bertz CT molecular complexity index is 734. The van der Waals surface area contributed by atoms with Crippen LogP contribution in [0.15, 0.2) is 48.8 Å². The van der Waals surface area contributed by atoms with Crippen LogP contribution in [-0.4, -0.2) is 15.8 Å². The molecule has 0 fully saturated rings. The second-order valence-corrected chi connectivity index (χ2v) is 4.71. The lowest BCUT2D eigenvalue weighted by Gasteiger charge is -2.01. The molecule has 1 aromatic carbocycles. The summed E-state index contributed by atoms with van der Waals surface area (Å²) >= 11 is 6.14. The van der Waals surface area contributed by atoms with Crippen molar-refractivity contribution in [3.05, 3.63) is 64.9 Å². The molecule has 2 heterocycles. The van der Waals surface area contributed by atoms with Gasteiger partial charge in [0, 0.05) is 29.8 Å². The van der Waals surface area contributed by atoms with E-state index >= 15 is 0 Å². The van der Waals surface area contributed by atoms with Crippen molar-refractivity contribution in [3.8, 4) is 0 Å². The van der Waals surface area contributed by atoms with Gasteiger partial charge >= 0.3 is 0 Å². The summed E-state index contributed by atoms with van der Waals surface area (Å²) in [6.07, 6.45) is 3.65. The number of hydrogen-bond acceptors (Lipinski definition) is 2. The van der Waals surface area contributed by atoms with E-state index in [9.17, 15) is 4.79 Å². The molecule has 0 atom stereocenters. The molecule has 0 aliphatic rings. The molecule has 2 aromatic heterocycles. The number of fused-ring (bicyclic) bond motifs is 1.